The highest BCUT2D eigenvalue weighted by atomic mass is 32.2. The third-order valence-electron chi connectivity index (χ3n) is 6.16. The lowest BCUT2D eigenvalue weighted by atomic mass is 9.75. The molecule has 156 valence electrons. The van der Waals surface area contributed by atoms with Crippen LogP contribution in [0.25, 0.3) is 0 Å². The van der Waals surface area contributed by atoms with Crippen molar-refractivity contribution in [1.82, 2.24) is 0 Å². The van der Waals surface area contributed by atoms with Crippen LogP contribution in [0.2, 0.25) is 0 Å². The molecule has 2 aliphatic rings. The van der Waals surface area contributed by atoms with E-state index in [2.05, 4.69) is 5.40 Å². The van der Waals surface area contributed by atoms with E-state index in [1.54, 1.807) is 0 Å². The molecule has 0 aromatic rings. The summed E-state index contributed by atoms with van der Waals surface area (Å²) < 4.78 is 4.88. The van der Waals surface area contributed by atoms with Crippen molar-refractivity contribution in [2.24, 2.45) is 17.8 Å². The molecule has 1 aliphatic heterocycles. The van der Waals surface area contributed by atoms with Gasteiger partial charge >= 0.3 is 5.97 Å². The molecule has 0 radical (unpaired) electrons. The number of carbonyl (C=O) groups is 3. The number of ketones is 2. The molecule has 2 atom stereocenters. The monoisotopic (exact) mass is 407 g/mol. The summed E-state index contributed by atoms with van der Waals surface area (Å²) in [6.45, 7) is 0.390. The van der Waals surface area contributed by atoms with Gasteiger partial charge in [0.15, 0.2) is 0 Å². The zero-order valence-electron chi connectivity index (χ0n) is 16.8. The Kier molecular flexibility index (Phi) is 10.6. The van der Waals surface area contributed by atoms with Gasteiger partial charge in [-0.1, -0.05) is 44.9 Å². The number of cyclic esters (lactones) is 1. The number of carbonyl (C=O) groups excluding carboxylic acids is 3. The molecule has 0 spiro atoms. The number of hydrogen-bond donors (Lipinski definition) is 0. The maximum atomic E-state index is 12.3. The summed E-state index contributed by atoms with van der Waals surface area (Å²) in [5.74, 6) is 1.37. The number of unbranched alkanes of at least 4 members (excludes halogenated alkanes) is 1. The SMILES string of the molecule is N#CSCCCCC(CCC(=O)CC(=O)CC1CCOC1=O)C1CCCCC1. The van der Waals surface area contributed by atoms with Crippen LogP contribution in [-0.4, -0.2) is 29.9 Å². The topological polar surface area (TPSA) is 84.2 Å². The van der Waals surface area contributed by atoms with Gasteiger partial charge in [0.1, 0.15) is 17.0 Å². The second kappa shape index (κ2) is 13.0. The molecular formula is C22H33NO4S. The molecule has 0 aromatic heterocycles. The highest BCUT2D eigenvalue weighted by molar-refractivity contribution is 8.03. The molecule has 6 heteroatoms. The van der Waals surface area contributed by atoms with Crippen molar-refractivity contribution in [3.63, 3.8) is 0 Å². The van der Waals surface area contributed by atoms with Crippen molar-refractivity contribution in [1.29, 1.82) is 5.26 Å². The van der Waals surface area contributed by atoms with Crippen LogP contribution >= 0.6 is 11.8 Å². The molecular weight excluding hydrogens is 374 g/mol. The summed E-state index contributed by atoms with van der Waals surface area (Å²) in [4.78, 5) is 35.9. The Balaban J connectivity index is 1.73. The van der Waals surface area contributed by atoms with Crippen LogP contribution in [0, 0.1) is 28.4 Å². The van der Waals surface area contributed by atoms with E-state index in [1.165, 1.54) is 43.9 Å². The number of rotatable bonds is 13. The first kappa shape index (κ1) is 22.9. The lowest BCUT2D eigenvalue weighted by Gasteiger charge is -2.30. The standard InChI is InChI=1S/C22H33NO4S/c23-16-28-13-5-4-8-18(17-6-2-1-3-7-17)9-10-20(24)15-21(25)14-19-11-12-27-22(19)26/h17-19H,1-15H2. The highest BCUT2D eigenvalue weighted by Crippen LogP contribution is 2.35. The summed E-state index contributed by atoms with van der Waals surface area (Å²) in [5, 5.41) is 10.7. The van der Waals surface area contributed by atoms with Gasteiger partial charge in [-0.25, -0.2) is 0 Å². The fourth-order valence-corrected chi connectivity index (χ4v) is 5.01. The minimum atomic E-state index is -0.346. The minimum Gasteiger partial charge on any atom is -0.465 e. The summed E-state index contributed by atoms with van der Waals surface area (Å²) in [6.07, 6.45) is 11.7. The van der Waals surface area contributed by atoms with Crippen LogP contribution in [0.3, 0.4) is 0 Å². The van der Waals surface area contributed by atoms with Crippen molar-refractivity contribution in [2.45, 2.75) is 83.5 Å². The molecule has 28 heavy (non-hydrogen) atoms. The molecule has 2 unspecified atom stereocenters. The zero-order chi connectivity index (χ0) is 20.2. The third kappa shape index (κ3) is 8.34. The first-order valence-corrected chi connectivity index (χ1v) is 11.8. The summed E-state index contributed by atoms with van der Waals surface area (Å²) in [6, 6.07) is 0. The van der Waals surface area contributed by atoms with Gasteiger partial charge in [0, 0.05) is 18.6 Å². The summed E-state index contributed by atoms with van der Waals surface area (Å²) >= 11 is 1.31. The Morgan fingerprint density at radius 3 is 2.57 bits per heavy atom. The van der Waals surface area contributed by atoms with E-state index in [0.29, 0.717) is 31.3 Å². The van der Waals surface area contributed by atoms with Crippen LogP contribution in [-0.2, 0) is 19.1 Å². The van der Waals surface area contributed by atoms with E-state index >= 15 is 0 Å². The molecule has 0 amide bonds. The van der Waals surface area contributed by atoms with Gasteiger partial charge in [-0.3, -0.25) is 14.4 Å². The van der Waals surface area contributed by atoms with Gasteiger partial charge in [-0.15, -0.1) is 0 Å². The van der Waals surface area contributed by atoms with E-state index in [9.17, 15) is 14.4 Å². The Morgan fingerprint density at radius 1 is 1.11 bits per heavy atom. The number of ether oxygens (including phenoxy) is 1. The average molecular weight is 408 g/mol. The zero-order valence-corrected chi connectivity index (χ0v) is 17.6. The number of nitriles is 1. The molecule has 1 saturated carbocycles. The predicted molar refractivity (Wildman–Crippen MR) is 110 cm³/mol. The van der Waals surface area contributed by atoms with Crippen LogP contribution in [0.4, 0.5) is 0 Å². The average Bonchev–Trinajstić information content (AvgIpc) is 3.09. The van der Waals surface area contributed by atoms with Crippen LogP contribution in [0.5, 0.6) is 0 Å². The van der Waals surface area contributed by atoms with Crippen molar-refractivity contribution >= 4 is 29.3 Å². The van der Waals surface area contributed by atoms with Crippen LogP contribution in [0.15, 0.2) is 0 Å². The number of thiocyanates is 1. The van der Waals surface area contributed by atoms with Crippen LogP contribution in [0.1, 0.15) is 83.5 Å². The van der Waals surface area contributed by atoms with Crippen molar-refractivity contribution in [2.75, 3.05) is 12.4 Å². The Bertz CT molecular complexity index is 565. The van der Waals surface area contributed by atoms with Crippen molar-refractivity contribution in [3.8, 4) is 5.40 Å². The number of nitrogens with zero attached hydrogens (tertiary/aromatic N) is 1. The normalized spacial score (nSPS) is 21.1. The van der Waals surface area contributed by atoms with Crippen molar-refractivity contribution < 1.29 is 19.1 Å². The number of hydrogen-bond acceptors (Lipinski definition) is 6. The van der Waals surface area contributed by atoms with Gasteiger partial charge in [0.2, 0.25) is 0 Å². The van der Waals surface area contributed by atoms with Gasteiger partial charge < -0.3 is 4.74 Å². The fraction of sp³-hybridized carbons (Fsp3) is 0.818. The molecule has 5 nitrogen and oxygen atoms in total. The van der Waals surface area contributed by atoms with Gasteiger partial charge in [0.05, 0.1) is 18.9 Å². The van der Waals surface area contributed by atoms with Gasteiger partial charge in [0.25, 0.3) is 0 Å². The molecule has 0 aromatic carbocycles. The molecule has 1 saturated heterocycles. The number of thioether (sulfide) groups is 1. The Labute approximate surface area is 173 Å². The lowest BCUT2D eigenvalue weighted by molar-refractivity contribution is -0.143. The van der Waals surface area contributed by atoms with Gasteiger partial charge in [-0.05, 0) is 42.9 Å². The van der Waals surface area contributed by atoms with E-state index in [-0.39, 0.29) is 36.3 Å². The Hall–Kier alpha value is -1.35. The lowest BCUT2D eigenvalue weighted by Crippen LogP contribution is -2.20. The van der Waals surface area contributed by atoms with E-state index < -0.39 is 0 Å². The second-order valence-corrected chi connectivity index (χ2v) is 9.12. The van der Waals surface area contributed by atoms with Crippen LogP contribution < -0.4 is 0 Å². The minimum absolute atomic E-state index is 0.0113. The molecule has 1 aliphatic carbocycles. The number of esters is 1. The first-order chi connectivity index (χ1) is 13.6. The number of Topliss-reactive ketones (excluding diaryl/α,β-unsaturated/α-hetero) is 2. The first-order valence-electron chi connectivity index (χ1n) is 10.8. The quantitative estimate of drug-likeness (QED) is 0.188. The largest absolute Gasteiger partial charge is 0.465 e. The Morgan fingerprint density at radius 2 is 1.89 bits per heavy atom. The predicted octanol–water partition coefficient (Wildman–Crippen LogP) is 4.83. The second-order valence-electron chi connectivity index (χ2n) is 8.24. The van der Waals surface area contributed by atoms with E-state index in [1.807, 2.05) is 0 Å². The van der Waals surface area contributed by atoms with E-state index in [4.69, 9.17) is 10.00 Å². The molecule has 2 fully saturated rings. The van der Waals surface area contributed by atoms with Crippen molar-refractivity contribution in [3.05, 3.63) is 0 Å². The smallest absolute Gasteiger partial charge is 0.309 e. The molecule has 0 N–H and O–H groups in total. The fourth-order valence-electron chi connectivity index (χ4n) is 4.57. The van der Waals surface area contributed by atoms with Gasteiger partial charge in [-0.2, -0.15) is 5.26 Å². The molecule has 0 bridgehead atoms. The highest BCUT2D eigenvalue weighted by Gasteiger charge is 2.29. The third-order valence-corrected chi connectivity index (χ3v) is 6.78. The van der Waals surface area contributed by atoms with E-state index in [0.717, 1.165) is 31.4 Å². The molecule has 2 rings (SSSR count). The summed E-state index contributed by atoms with van der Waals surface area (Å²) in [5.41, 5.74) is 0. The maximum absolute atomic E-state index is 12.3. The summed E-state index contributed by atoms with van der Waals surface area (Å²) in [7, 11) is 0. The maximum Gasteiger partial charge on any atom is 0.309 e. The molecule has 1 heterocycles.